The summed E-state index contributed by atoms with van der Waals surface area (Å²) in [4.78, 5) is 25.5. The number of piperidine rings is 1. The molecule has 2 N–H and O–H groups in total. The molecular formula is C14H17ClN2O3. The number of carbonyl (C=O) groups excluding carboxylic acids is 2. The maximum Gasteiger partial charge on any atom is 0.314 e. The number of rotatable bonds is 1. The van der Waals surface area contributed by atoms with E-state index in [1.54, 1.807) is 4.90 Å². The molecule has 1 fully saturated rings. The normalized spacial score (nSPS) is 18.7. The van der Waals surface area contributed by atoms with Gasteiger partial charge in [0.25, 0.3) is 0 Å². The van der Waals surface area contributed by atoms with Crippen molar-refractivity contribution in [2.24, 2.45) is 5.92 Å². The average molecular weight is 297 g/mol. The molecular weight excluding hydrogens is 280 g/mol. The van der Waals surface area contributed by atoms with Crippen LogP contribution in [0.4, 0.5) is 5.69 Å². The third-order valence-electron chi connectivity index (χ3n) is 3.35. The van der Waals surface area contributed by atoms with Crippen molar-refractivity contribution in [3.05, 3.63) is 23.2 Å². The second-order valence-corrected chi connectivity index (χ2v) is 5.55. The molecule has 0 spiro atoms. The van der Waals surface area contributed by atoms with Gasteiger partial charge in [-0.3, -0.25) is 9.59 Å². The van der Waals surface area contributed by atoms with E-state index < -0.39 is 11.8 Å². The van der Waals surface area contributed by atoms with Crippen LogP contribution >= 0.6 is 11.6 Å². The lowest BCUT2D eigenvalue weighted by molar-refractivity contribution is -0.144. The number of likely N-dealkylation sites (tertiary alicyclic amines) is 1. The topological polar surface area (TPSA) is 69.6 Å². The van der Waals surface area contributed by atoms with Crippen molar-refractivity contribution >= 4 is 29.1 Å². The number of benzene rings is 1. The lowest BCUT2D eigenvalue weighted by Crippen LogP contribution is -2.44. The number of aromatic hydroxyl groups is 1. The molecule has 2 rings (SSSR count). The fourth-order valence-corrected chi connectivity index (χ4v) is 2.47. The molecule has 1 aliphatic heterocycles. The van der Waals surface area contributed by atoms with E-state index in [1.165, 1.54) is 18.2 Å². The predicted octanol–water partition coefficient (Wildman–Crippen LogP) is 2.24. The minimum atomic E-state index is -0.753. The lowest BCUT2D eigenvalue weighted by atomic mass is 10.0. The fraction of sp³-hybridized carbons (Fsp3) is 0.429. The Bertz CT molecular complexity index is 533. The molecule has 1 aromatic rings. The highest BCUT2D eigenvalue weighted by molar-refractivity contribution is 6.40. The molecule has 1 aromatic carbocycles. The summed E-state index contributed by atoms with van der Waals surface area (Å²) in [5.74, 6) is -1.05. The molecule has 1 heterocycles. The van der Waals surface area contributed by atoms with Crippen LogP contribution in [0.3, 0.4) is 0 Å². The number of amides is 2. The first-order valence-corrected chi connectivity index (χ1v) is 6.94. The SMILES string of the molecule is CC1CCCN(C(=O)C(=O)Nc2cc(Cl)ccc2O)C1. The zero-order chi connectivity index (χ0) is 14.7. The van der Waals surface area contributed by atoms with E-state index in [0.717, 1.165) is 12.8 Å². The van der Waals surface area contributed by atoms with Crippen molar-refractivity contribution in [1.29, 1.82) is 0 Å². The molecule has 0 aromatic heterocycles. The van der Waals surface area contributed by atoms with Crippen LogP contribution in [0.15, 0.2) is 18.2 Å². The average Bonchev–Trinajstić information content (AvgIpc) is 2.42. The molecule has 5 nitrogen and oxygen atoms in total. The Morgan fingerprint density at radius 1 is 1.45 bits per heavy atom. The van der Waals surface area contributed by atoms with Gasteiger partial charge in [0.15, 0.2) is 0 Å². The zero-order valence-corrected chi connectivity index (χ0v) is 12.0. The highest BCUT2D eigenvalue weighted by Crippen LogP contribution is 2.26. The smallest absolute Gasteiger partial charge is 0.314 e. The van der Waals surface area contributed by atoms with Crippen molar-refractivity contribution in [3.8, 4) is 5.75 Å². The first-order valence-electron chi connectivity index (χ1n) is 6.56. The van der Waals surface area contributed by atoms with E-state index in [9.17, 15) is 14.7 Å². The Balaban J connectivity index is 2.04. The van der Waals surface area contributed by atoms with Gasteiger partial charge in [0.2, 0.25) is 0 Å². The summed E-state index contributed by atoms with van der Waals surface area (Å²) in [6.07, 6.45) is 1.98. The van der Waals surface area contributed by atoms with Gasteiger partial charge in [-0.1, -0.05) is 18.5 Å². The van der Waals surface area contributed by atoms with E-state index in [1.807, 2.05) is 0 Å². The molecule has 108 valence electrons. The van der Waals surface area contributed by atoms with Crippen LogP contribution in [0.1, 0.15) is 19.8 Å². The van der Waals surface area contributed by atoms with Crippen molar-refractivity contribution in [1.82, 2.24) is 4.90 Å². The van der Waals surface area contributed by atoms with Gasteiger partial charge in [-0.15, -0.1) is 0 Å². The number of nitrogens with one attached hydrogen (secondary N) is 1. The summed E-state index contributed by atoms with van der Waals surface area (Å²) >= 11 is 5.79. The Kier molecular flexibility index (Phi) is 4.49. The highest BCUT2D eigenvalue weighted by Gasteiger charge is 2.26. The van der Waals surface area contributed by atoms with E-state index in [-0.39, 0.29) is 11.4 Å². The number of phenols is 1. The molecule has 2 amide bonds. The summed E-state index contributed by atoms with van der Waals surface area (Å²) < 4.78 is 0. The Labute approximate surface area is 122 Å². The van der Waals surface area contributed by atoms with Crippen molar-refractivity contribution in [2.75, 3.05) is 18.4 Å². The summed E-state index contributed by atoms with van der Waals surface area (Å²) in [5.41, 5.74) is 0.140. The minimum absolute atomic E-state index is 0.123. The van der Waals surface area contributed by atoms with Crippen LogP contribution in [-0.2, 0) is 9.59 Å². The molecule has 1 unspecified atom stereocenters. The number of phenolic OH excluding ortho intramolecular Hbond substituents is 1. The van der Waals surface area contributed by atoms with Gasteiger partial charge in [-0.25, -0.2) is 0 Å². The van der Waals surface area contributed by atoms with Crippen LogP contribution in [0.25, 0.3) is 0 Å². The lowest BCUT2D eigenvalue weighted by Gasteiger charge is -2.30. The molecule has 0 bridgehead atoms. The molecule has 6 heteroatoms. The molecule has 20 heavy (non-hydrogen) atoms. The molecule has 1 aliphatic rings. The van der Waals surface area contributed by atoms with Gasteiger partial charge in [0.1, 0.15) is 5.75 Å². The van der Waals surface area contributed by atoms with Gasteiger partial charge < -0.3 is 15.3 Å². The summed E-state index contributed by atoms with van der Waals surface area (Å²) in [5, 5.41) is 12.4. The van der Waals surface area contributed by atoms with Crippen LogP contribution in [0.2, 0.25) is 5.02 Å². The van der Waals surface area contributed by atoms with E-state index in [2.05, 4.69) is 12.2 Å². The predicted molar refractivity (Wildman–Crippen MR) is 76.7 cm³/mol. The van der Waals surface area contributed by atoms with Crippen LogP contribution in [0, 0.1) is 5.92 Å². The van der Waals surface area contributed by atoms with Gasteiger partial charge in [0, 0.05) is 18.1 Å². The molecule has 1 saturated heterocycles. The van der Waals surface area contributed by atoms with Crippen molar-refractivity contribution in [2.45, 2.75) is 19.8 Å². The van der Waals surface area contributed by atoms with Gasteiger partial charge in [-0.05, 0) is 37.0 Å². The van der Waals surface area contributed by atoms with E-state index >= 15 is 0 Å². The summed E-state index contributed by atoms with van der Waals surface area (Å²) in [6, 6.07) is 4.27. The third-order valence-corrected chi connectivity index (χ3v) is 3.58. The maximum atomic E-state index is 12.0. The quantitative estimate of drug-likeness (QED) is 0.617. The number of hydrogen-bond acceptors (Lipinski definition) is 3. The Hall–Kier alpha value is -1.75. The first-order chi connectivity index (χ1) is 9.47. The number of anilines is 1. The number of halogens is 1. The van der Waals surface area contributed by atoms with Gasteiger partial charge in [0.05, 0.1) is 5.69 Å². The van der Waals surface area contributed by atoms with Crippen LogP contribution in [-0.4, -0.2) is 34.9 Å². The van der Waals surface area contributed by atoms with Crippen molar-refractivity contribution < 1.29 is 14.7 Å². The highest BCUT2D eigenvalue weighted by atomic mass is 35.5. The maximum absolute atomic E-state index is 12.0. The molecule has 0 radical (unpaired) electrons. The first kappa shape index (κ1) is 14.7. The van der Waals surface area contributed by atoms with E-state index in [4.69, 9.17) is 11.6 Å². The van der Waals surface area contributed by atoms with E-state index in [0.29, 0.717) is 24.0 Å². The number of carbonyl (C=O) groups is 2. The monoisotopic (exact) mass is 296 g/mol. The number of nitrogens with zero attached hydrogens (tertiary/aromatic N) is 1. The number of hydrogen-bond donors (Lipinski definition) is 2. The summed E-state index contributed by atoms with van der Waals surface area (Å²) in [7, 11) is 0. The fourth-order valence-electron chi connectivity index (χ4n) is 2.30. The molecule has 0 aliphatic carbocycles. The zero-order valence-electron chi connectivity index (χ0n) is 11.2. The van der Waals surface area contributed by atoms with Gasteiger partial charge in [-0.2, -0.15) is 0 Å². The third kappa shape index (κ3) is 3.42. The standard InChI is InChI=1S/C14H17ClN2O3/c1-9-3-2-6-17(8-9)14(20)13(19)16-11-7-10(15)4-5-12(11)18/h4-5,7,9,18H,2-3,6,8H2,1H3,(H,16,19). The molecule has 1 atom stereocenters. The second kappa shape index (κ2) is 6.13. The Morgan fingerprint density at radius 2 is 2.20 bits per heavy atom. The van der Waals surface area contributed by atoms with Crippen LogP contribution in [0.5, 0.6) is 5.75 Å². The molecule has 0 saturated carbocycles. The largest absolute Gasteiger partial charge is 0.506 e. The van der Waals surface area contributed by atoms with Crippen molar-refractivity contribution in [3.63, 3.8) is 0 Å². The summed E-state index contributed by atoms with van der Waals surface area (Å²) in [6.45, 7) is 3.24. The van der Waals surface area contributed by atoms with Crippen LogP contribution < -0.4 is 5.32 Å². The Morgan fingerprint density at radius 3 is 2.90 bits per heavy atom. The van der Waals surface area contributed by atoms with Gasteiger partial charge >= 0.3 is 11.8 Å². The minimum Gasteiger partial charge on any atom is -0.506 e. The second-order valence-electron chi connectivity index (χ2n) is 5.11.